The van der Waals surface area contributed by atoms with E-state index < -0.39 is 5.92 Å². The second-order valence-electron chi connectivity index (χ2n) is 6.70. The number of hydrogen-bond acceptors (Lipinski definition) is 4. The van der Waals surface area contributed by atoms with Crippen molar-refractivity contribution in [1.82, 2.24) is 4.57 Å². The van der Waals surface area contributed by atoms with Crippen LogP contribution in [-0.2, 0) is 7.05 Å². The fourth-order valence-corrected chi connectivity index (χ4v) is 3.92. The second kappa shape index (κ2) is 5.71. The average Bonchev–Trinajstić information content (AvgIpc) is 3.11. The van der Waals surface area contributed by atoms with E-state index in [9.17, 15) is 10.0 Å². The molecule has 0 radical (unpaired) electrons. The van der Waals surface area contributed by atoms with Crippen molar-refractivity contribution in [2.75, 3.05) is 0 Å². The molecule has 0 saturated carbocycles. The minimum Gasteiger partial charge on any atom is -0.438 e. The number of para-hydroxylation sites is 1. The van der Waals surface area contributed by atoms with E-state index in [1.54, 1.807) is 11.6 Å². The molecule has 27 heavy (non-hydrogen) atoms. The normalized spacial score (nSPS) is 17.4. The zero-order chi connectivity index (χ0) is 18.5. The van der Waals surface area contributed by atoms with Gasteiger partial charge in [-0.2, -0.15) is 0 Å². The van der Waals surface area contributed by atoms with Gasteiger partial charge in [-0.05, 0) is 28.5 Å². The molecule has 1 aliphatic rings. The van der Waals surface area contributed by atoms with Crippen LogP contribution in [0.25, 0.3) is 21.7 Å². The van der Waals surface area contributed by atoms with Crippen molar-refractivity contribution in [2.45, 2.75) is 5.92 Å². The van der Waals surface area contributed by atoms with Gasteiger partial charge < -0.3 is 14.5 Å². The number of aryl methyl sites for hydroxylation is 1. The summed E-state index contributed by atoms with van der Waals surface area (Å²) in [5, 5.41) is 15.9. The van der Waals surface area contributed by atoms with E-state index in [-0.39, 0.29) is 11.5 Å². The Morgan fingerprint density at radius 1 is 1.00 bits per heavy atom. The van der Waals surface area contributed by atoms with Crippen LogP contribution in [0.4, 0.5) is 0 Å². The van der Waals surface area contributed by atoms with E-state index in [0.717, 1.165) is 27.2 Å². The third-order valence-corrected chi connectivity index (χ3v) is 5.24. The number of hydrogen-bond donors (Lipinski definition) is 1. The molecule has 1 N–H and O–H groups in total. The molecule has 0 bridgehead atoms. The van der Waals surface area contributed by atoms with E-state index in [1.165, 1.54) is 0 Å². The first-order chi connectivity index (χ1) is 13.2. The zero-order valence-corrected chi connectivity index (χ0v) is 14.6. The second-order valence-corrected chi connectivity index (χ2v) is 6.70. The van der Waals surface area contributed by atoms with Gasteiger partial charge >= 0.3 is 0 Å². The molecule has 3 aromatic carbocycles. The van der Waals surface area contributed by atoms with E-state index in [2.05, 4.69) is 5.16 Å². The highest BCUT2D eigenvalue weighted by atomic mass is 16.5. The number of pyridine rings is 1. The van der Waals surface area contributed by atoms with Gasteiger partial charge in [0, 0.05) is 12.4 Å². The van der Waals surface area contributed by atoms with E-state index in [0.29, 0.717) is 11.3 Å². The first kappa shape index (κ1) is 15.6. The van der Waals surface area contributed by atoms with Gasteiger partial charge in [-0.15, -0.1) is 0 Å². The number of nitrogens with zero attached hydrogens (tertiary/aromatic N) is 2. The zero-order valence-electron chi connectivity index (χ0n) is 14.6. The molecule has 4 aromatic rings. The Bertz CT molecular complexity index is 1300. The summed E-state index contributed by atoms with van der Waals surface area (Å²) in [6.07, 6.45) is 0. The monoisotopic (exact) mass is 356 g/mol. The van der Waals surface area contributed by atoms with E-state index in [1.807, 2.05) is 66.7 Å². The van der Waals surface area contributed by atoms with Crippen molar-refractivity contribution in [3.63, 3.8) is 0 Å². The van der Waals surface area contributed by atoms with Crippen LogP contribution in [-0.4, -0.2) is 15.7 Å². The summed E-state index contributed by atoms with van der Waals surface area (Å²) in [5.74, 6) is 0.0475. The topological polar surface area (TPSA) is 63.8 Å². The molecule has 5 rings (SSSR count). The van der Waals surface area contributed by atoms with E-state index >= 15 is 0 Å². The number of oxime groups is 1. The molecule has 0 amide bonds. The van der Waals surface area contributed by atoms with Crippen LogP contribution in [0.1, 0.15) is 17.0 Å². The Morgan fingerprint density at radius 3 is 2.56 bits per heavy atom. The Morgan fingerprint density at radius 2 is 1.74 bits per heavy atom. The van der Waals surface area contributed by atoms with Gasteiger partial charge in [-0.25, -0.2) is 0 Å². The summed E-state index contributed by atoms with van der Waals surface area (Å²) >= 11 is 0. The molecule has 5 nitrogen and oxygen atoms in total. The van der Waals surface area contributed by atoms with Crippen molar-refractivity contribution in [1.29, 1.82) is 0 Å². The highest BCUT2D eigenvalue weighted by molar-refractivity contribution is 6.00. The molecular formula is C22H16N2O3. The first-order valence-corrected chi connectivity index (χ1v) is 8.69. The predicted molar refractivity (Wildman–Crippen MR) is 105 cm³/mol. The van der Waals surface area contributed by atoms with Gasteiger partial charge in [0.2, 0.25) is 5.90 Å². The van der Waals surface area contributed by atoms with Crippen LogP contribution in [0, 0.1) is 0 Å². The van der Waals surface area contributed by atoms with Crippen LogP contribution in [0.2, 0.25) is 0 Å². The third kappa shape index (κ3) is 2.18. The molecular weight excluding hydrogens is 340 g/mol. The van der Waals surface area contributed by atoms with Gasteiger partial charge in [0.1, 0.15) is 5.75 Å². The Hall–Kier alpha value is -3.60. The first-order valence-electron chi connectivity index (χ1n) is 8.69. The van der Waals surface area contributed by atoms with Crippen molar-refractivity contribution in [3.8, 4) is 5.75 Å². The molecule has 1 atom stereocenters. The number of fused-ring (bicyclic) bond motifs is 4. The van der Waals surface area contributed by atoms with Crippen LogP contribution >= 0.6 is 0 Å². The maximum Gasteiger partial charge on any atom is 0.258 e. The van der Waals surface area contributed by atoms with Gasteiger partial charge in [-0.3, -0.25) is 4.79 Å². The van der Waals surface area contributed by atoms with Crippen molar-refractivity contribution in [3.05, 3.63) is 88.2 Å². The van der Waals surface area contributed by atoms with Crippen molar-refractivity contribution >= 4 is 27.6 Å². The maximum atomic E-state index is 13.1. The fraction of sp³-hybridized carbons (Fsp3) is 0.0909. The number of rotatable bonds is 1. The Kier molecular flexibility index (Phi) is 3.31. The Labute approximate surface area is 154 Å². The van der Waals surface area contributed by atoms with Gasteiger partial charge in [0.05, 0.1) is 17.0 Å². The molecule has 0 saturated heterocycles. The summed E-state index contributed by atoms with van der Waals surface area (Å²) in [5.41, 5.74) is 1.98. The van der Waals surface area contributed by atoms with Crippen molar-refractivity contribution < 1.29 is 9.94 Å². The molecule has 0 fully saturated rings. The SMILES string of the molecule is Cn1c(=O)c2c(c3ccccc31)O/C(=N/O)C2c1ccc2ccccc2c1. The van der Waals surface area contributed by atoms with Gasteiger partial charge in [-0.1, -0.05) is 59.8 Å². The van der Waals surface area contributed by atoms with Crippen LogP contribution < -0.4 is 10.3 Å². The number of aromatic nitrogens is 1. The predicted octanol–water partition coefficient (Wildman–Crippen LogP) is 4.00. The quantitative estimate of drug-likeness (QED) is 0.414. The number of benzene rings is 3. The molecule has 0 aliphatic carbocycles. The lowest BCUT2D eigenvalue weighted by atomic mass is 9.90. The molecule has 1 aliphatic heterocycles. The lowest BCUT2D eigenvalue weighted by Crippen LogP contribution is -2.23. The molecule has 1 unspecified atom stereocenters. The number of ether oxygens (including phenoxy) is 1. The summed E-state index contributed by atoms with van der Waals surface area (Å²) in [7, 11) is 1.75. The summed E-state index contributed by atoms with van der Waals surface area (Å²) in [6.45, 7) is 0. The maximum absolute atomic E-state index is 13.1. The largest absolute Gasteiger partial charge is 0.438 e. The van der Waals surface area contributed by atoms with Gasteiger partial charge in [0.25, 0.3) is 5.56 Å². The van der Waals surface area contributed by atoms with E-state index in [4.69, 9.17) is 4.74 Å². The molecule has 132 valence electrons. The van der Waals surface area contributed by atoms with Crippen molar-refractivity contribution in [2.24, 2.45) is 12.2 Å². The van der Waals surface area contributed by atoms with Gasteiger partial charge in [0.15, 0.2) is 0 Å². The summed E-state index contributed by atoms with van der Waals surface area (Å²) in [4.78, 5) is 13.1. The minimum absolute atomic E-state index is 0.119. The fourth-order valence-electron chi connectivity index (χ4n) is 3.92. The van der Waals surface area contributed by atoms with Crippen LogP contribution in [0.3, 0.4) is 0 Å². The van der Waals surface area contributed by atoms with Crippen LogP contribution in [0.15, 0.2) is 76.7 Å². The average molecular weight is 356 g/mol. The molecule has 5 heteroatoms. The highest BCUT2D eigenvalue weighted by Crippen LogP contribution is 2.42. The Balaban J connectivity index is 1.83. The lowest BCUT2D eigenvalue weighted by Gasteiger charge is -2.12. The lowest BCUT2D eigenvalue weighted by molar-refractivity contribution is 0.303. The standard InChI is InChI=1S/C22H16N2O3/c1-24-17-9-5-4-8-16(17)20-19(22(24)25)18(21(23-26)27-20)15-11-10-13-6-2-3-7-14(13)12-15/h2-12,18,26H,1H3/b23-21+. The molecule has 2 heterocycles. The molecule has 0 spiro atoms. The smallest absolute Gasteiger partial charge is 0.258 e. The summed E-state index contributed by atoms with van der Waals surface area (Å²) in [6, 6.07) is 21.5. The van der Waals surface area contributed by atoms with Crippen LogP contribution in [0.5, 0.6) is 5.75 Å². The molecule has 1 aromatic heterocycles. The summed E-state index contributed by atoms with van der Waals surface area (Å²) < 4.78 is 7.49. The minimum atomic E-state index is -0.544. The highest BCUT2D eigenvalue weighted by Gasteiger charge is 2.38. The third-order valence-electron chi connectivity index (χ3n) is 5.24.